The maximum absolute atomic E-state index is 13.5. The lowest BCUT2D eigenvalue weighted by Crippen LogP contribution is -2.32. The van der Waals surface area contributed by atoms with Crippen LogP contribution in [0.1, 0.15) is 30.5 Å². The van der Waals surface area contributed by atoms with Gasteiger partial charge in [0.05, 0.1) is 17.4 Å². The fourth-order valence-electron chi connectivity index (χ4n) is 3.68. The first-order valence-electron chi connectivity index (χ1n) is 10.6. The Morgan fingerprint density at radius 1 is 0.812 bits per heavy atom. The van der Waals surface area contributed by atoms with Gasteiger partial charge in [-0.1, -0.05) is 42.0 Å². The average Bonchev–Trinajstić information content (AvgIpc) is 2.99. The third-order valence-electron chi connectivity index (χ3n) is 5.18. The normalized spacial score (nSPS) is 13.8. The van der Waals surface area contributed by atoms with Crippen LogP contribution in [-0.4, -0.2) is 17.9 Å². The number of hydrogen-bond donors (Lipinski definition) is 1. The van der Waals surface area contributed by atoms with E-state index >= 15 is 0 Å². The number of hydrogen-bond acceptors (Lipinski definition) is 4. The standard InChI is InChI=1S/C27H26N2O3/c1-17(2)32-23-14-12-22(13-15-23)29-26(30)24(20-10-8-18(3)9-11-20)25(27(29)31)28-21-7-5-6-19(4)16-21/h5-17,28H,1-4H3. The molecule has 0 aliphatic carbocycles. The Kier molecular flexibility index (Phi) is 5.82. The van der Waals surface area contributed by atoms with E-state index in [2.05, 4.69) is 5.32 Å². The van der Waals surface area contributed by atoms with Crippen molar-refractivity contribution in [3.05, 3.63) is 95.2 Å². The van der Waals surface area contributed by atoms with Gasteiger partial charge >= 0.3 is 0 Å². The Labute approximate surface area is 188 Å². The molecule has 1 heterocycles. The number of benzene rings is 3. The van der Waals surface area contributed by atoms with E-state index in [1.54, 1.807) is 24.3 Å². The van der Waals surface area contributed by atoms with Crippen LogP contribution < -0.4 is 15.0 Å². The van der Waals surface area contributed by atoms with Crippen molar-refractivity contribution in [2.75, 3.05) is 10.2 Å². The zero-order valence-corrected chi connectivity index (χ0v) is 18.7. The van der Waals surface area contributed by atoms with Gasteiger partial charge in [0.1, 0.15) is 11.4 Å². The number of aryl methyl sites for hydroxylation is 2. The first-order valence-corrected chi connectivity index (χ1v) is 10.6. The van der Waals surface area contributed by atoms with Crippen LogP contribution in [0, 0.1) is 13.8 Å². The summed E-state index contributed by atoms with van der Waals surface area (Å²) in [6.45, 7) is 7.86. The van der Waals surface area contributed by atoms with Gasteiger partial charge in [0.2, 0.25) is 0 Å². The van der Waals surface area contributed by atoms with Gasteiger partial charge in [0, 0.05) is 5.69 Å². The molecule has 1 N–H and O–H groups in total. The molecule has 0 bridgehead atoms. The Hall–Kier alpha value is -3.86. The van der Waals surface area contributed by atoms with Gasteiger partial charge in [0.15, 0.2) is 0 Å². The molecule has 5 heteroatoms. The molecule has 32 heavy (non-hydrogen) atoms. The summed E-state index contributed by atoms with van der Waals surface area (Å²) < 4.78 is 5.69. The fraction of sp³-hybridized carbons (Fsp3) is 0.185. The van der Waals surface area contributed by atoms with Crippen LogP contribution in [0.2, 0.25) is 0 Å². The second kappa shape index (κ2) is 8.71. The Morgan fingerprint density at radius 3 is 2.12 bits per heavy atom. The molecule has 0 saturated heterocycles. The van der Waals surface area contributed by atoms with E-state index in [0.717, 1.165) is 16.8 Å². The van der Waals surface area contributed by atoms with Crippen molar-refractivity contribution in [2.24, 2.45) is 0 Å². The molecule has 2 amide bonds. The van der Waals surface area contributed by atoms with E-state index in [4.69, 9.17) is 4.74 Å². The van der Waals surface area contributed by atoms with Crippen molar-refractivity contribution in [3.8, 4) is 5.75 Å². The van der Waals surface area contributed by atoms with E-state index in [1.165, 1.54) is 4.90 Å². The summed E-state index contributed by atoms with van der Waals surface area (Å²) in [5.41, 5.74) is 4.73. The molecule has 4 rings (SSSR count). The Bertz CT molecular complexity index is 1190. The van der Waals surface area contributed by atoms with Crippen molar-refractivity contribution in [3.63, 3.8) is 0 Å². The SMILES string of the molecule is Cc1ccc(C2=C(Nc3cccc(C)c3)C(=O)N(c3ccc(OC(C)C)cc3)C2=O)cc1. The average molecular weight is 427 g/mol. The zero-order chi connectivity index (χ0) is 22.8. The maximum Gasteiger partial charge on any atom is 0.282 e. The van der Waals surface area contributed by atoms with Gasteiger partial charge in [-0.25, -0.2) is 4.90 Å². The lowest BCUT2D eigenvalue weighted by molar-refractivity contribution is -0.120. The highest BCUT2D eigenvalue weighted by Crippen LogP contribution is 2.34. The molecule has 0 unspecified atom stereocenters. The topological polar surface area (TPSA) is 58.6 Å². The highest BCUT2D eigenvalue weighted by atomic mass is 16.5. The van der Waals surface area contributed by atoms with Crippen molar-refractivity contribution < 1.29 is 14.3 Å². The molecular formula is C27H26N2O3. The molecule has 0 spiro atoms. The van der Waals surface area contributed by atoms with Crippen molar-refractivity contribution in [2.45, 2.75) is 33.8 Å². The van der Waals surface area contributed by atoms with Crippen LogP contribution in [0.5, 0.6) is 5.75 Å². The van der Waals surface area contributed by atoms with Gasteiger partial charge in [0.25, 0.3) is 11.8 Å². The number of nitrogens with zero attached hydrogens (tertiary/aromatic N) is 1. The molecule has 1 aliphatic rings. The number of carbonyl (C=O) groups excluding carboxylic acids is 2. The maximum atomic E-state index is 13.5. The molecule has 0 radical (unpaired) electrons. The van der Waals surface area contributed by atoms with Crippen molar-refractivity contribution in [1.29, 1.82) is 0 Å². The number of rotatable bonds is 6. The summed E-state index contributed by atoms with van der Waals surface area (Å²) in [7, 11) is 0. The van der Waals surface area contributed by atoms with E-state index in [1.807, 2.05) is 76.2 Å². The van der Waals surface area contributed by atoms with Crippen LogP contribution in [0.3, 0.4) is 0 Å². The zero-order valence-electron chi connectivity index (χ0n) is 18.7. The highest BCUT2D eigenvalue weighted by molar-refractivity contribution is 6.46. The van der Waals surface area contributed by atoms with Crippen LogP contribution in [0.15, 0.2) is 78.5 Å². The van der Waals surface area contributed by atoms with Crippen LogP contribution >= 0.6 is 0 Å². The minimum Gasteiger partial charge on any atom is -0.491 e. The molecular weight excluding hydrogens is 400 g/mol. The highest BCUT2D eigenvalue weighted by Gasteiger charge is 2.40. The van der Waals surface area contributed by atoms with Gasteiger partial charge in [-0.3, -0.25) is 9.59 Å². The minimum atomic E-state index is -0.385. The van der Waals surface area contributed by atoms with E-state index in [-0.39, 0.29) is 23.6 Å². The Morgan fingerprint density at radius 2 is 1.50 bits per heavy atom. The summed E-state index contributed by atoms with van der Waals surface area (Å²) >= 11 is 0. The molecule has 3 aromatic rings. The summed E-state index contributed by atoms with van der Waals surface area (Å²) in [5, 5.41) is 3.21. The molecule has 3 aromatic carbocycles. The number of amides is 2. The van der Waals surface area contributed by atoms with Gasteiger partial charge in [-0.15, -0.1) is 0 Å². The summed E-state index contributed by atoms with van der Waals surface area (Å²) in [5.74, 6) is -0.0520. The fourth-order valence-corrected chi connectivity index (χ4v) is 3.68. The largest absolute Gasteiger partial charge is 0.491 e. The number of carbonyl (C=O) groups is 2. The third-order valence-corrected chi connectivity index (χ3v) is 5.18. The van der Waals surface area contributed by atoms with E-state index in [9.17, 15) is 9.59 Å². The monoisotopic (exact) mass is 426 g/mol. The third kappa shape index (κ3) is 4.28. The van der Waals surface area contributed by atoms with Crippen LogP contribution in [0.4, 0.5) is 11.4 Å². The smallest absolute Gasteiger partial charge is 0.282 e. The van der Waals surface area contributed by atoms with Crippen LogP contribution in [-0.2, 0) is 9.59 Å². The number of nitrogens with one attached hydrogen (secondary N) is 1. The number of anilines is 2. The number of ether oxygens (including phenoxy) is 1. The first-order chi connectivity index (χ1) is 15.3. The molecule has 0 aromatic heterocycles. The van der Waals surface area contributed by atoms with E-state index < -0.39 is 0 Å². The van der Waals surface area contributed by atoms with Gasteiger partial charge in [-0.05, 0) is 75.2 Å². The summed E-state index contributed by atoms with van der Waals surface area (Å²) in [6.07, 6.45) is 0.0378. The lowest BCUT2D eigenvalue weighted by atomic mass is 10.0. The summed E-state index contributed by atoms with van der Waals surface area (Å²) in [4.78, 5) is 28.2. The Balaban J connectivity index is 1.74. The second-order valence-corrected chi connectivity index (χ2v) is 8.22. The molecule has 5 nitrogen and oxygen atoms in total. The number of imide groups is 1. The first kappa shape index (κ1) is 21.4. The van der Waals surface area contributed by atoms with Gasteiger partial charge in [-0.2, -0.15) is 0 Å². The lowest BCUT2D eigenvalue weighted by Gasteiger charge is -2.17. The molecule has 0 fully saturated rings. The predicted octanol–water partition coefficient (Wildman–Crippen LogP) is 5.49. The molecule has 162 valence electrons. The summed E-state index contributed by atoms with van der Waals surface area (Å²) in [6, 6.07) is 22.3. The molecule has 0 atom stereocenters. The molecule has 0 saturated carbocycles. The van der Waals surface area contributed by atoms with Crippen molar-refractivity contribution in [1.82, 2.24) is 0 Å². The quantitative estimate of drug-likeness (QED) is 0.530. The molecule has 1 aliphatic heterocycles. The van der Waals surface area contributed by atoms with Crippen molar-refractivity contribution >= 4 is 28.8 Å². The second-order valence-electron chi connectivity index (χ2n) is 8.22. The van der Waals surface area contributed by atoms with E-state index in [0.29, 0.717) is 22.6 Å². The van der Waals surface area contributed by atoms with Crippen LogP contribution in [0.25, 0.3) is 5.57 Å². The minimum absolute atomic E-state index is 0.0378. The predicted molar refractivity (Wildman–Crippen MR) is 128 cm³/mol. The van der Waals surface area contributed by atoms with Gasteiger partial charge < -0.3 is 10.1 Å².